The van der Waals surface area contributed by atoms with Crippen LogP contribution in [0.15, 0.2) is 28.5 Å². The molecule has 4 heteroatoms. The van der Waals surface area contributed by atoms with Crippen LogP contribution in [0.3, 0.4) is 0 Å². The zero-order valence-corrected chi connectivity index (χ0v) is 8.64. The Balaban J connectivity index is 1.91. The number of fused-ring (bicyclic) bond motifs is 1. The molecule has 0 bridgehead atoms. The highest BCUT2D eigenvalue weighted by atomic mass is 35.5. The van der Waals surface area contributed by atoms with Crippen LogP contribution >= 0.6 is 11.6 Å². The van der Waals surface area contributed by atoms with E-state index in [4.69, 9.17) is 11.6 Å². The van der Waals surface area contributed by atoms with E-state index in [2.05, 4.69) is 21.8 Å². The van der Waals surface area contributed by atoms with Crippen molar-refractivity contribution >= 4 is 17.6 Å². The Morgan fingerprint density at radius 2 is 2.36 bits per heavy atom. The van der Waals surface area contributed by atoms with Crippen LogP contribution in [-0.4, -0.2) is 23.9 Å². The van der Waals surface area contributed by atoms with E-state index in [0.29, 0.717) is 10.6 Å². The van der Waals surface area contributed by atoms with Crippen LogP contribution in [-0.2, 0) is 0 Å². The van der Waals surface area contributed by atoms with Crippen molar-refractivity contribution in [1.29, 1.82) is 0 Å². The molecule has 1 aliphatic carbocycles. The van der Waals surface area contributed by atoms with Crippen molar-refractivity contribution in [2.45, 2.75) is 12.8 Å². The fraction of sp³-hybridized carbons (Fsp3) is 0.500. The van der Waals surface area contributed by atoms with Gasteiger partial charge in [0, 0.05) is 24.2 Å². The zero-order valence-electron chi connectivity index (χ0n) is 7.89. The summed E-state index contributed by atoms with van der Waals surface area (Å²) >= 11 is 5.86. The minimum atomic E-state index is 0.486. The summed E-state index contributed by atoms with van der Waals surface area (Å²) in [5.41, 5.74) is 1.43. The molecule has 14 heavy (non-hydrogen) atoms. The average molecular weight is 210 g/mol. The molecule has 74 valence electrons. The van der Waals surface area contributed by atoms with E-state index in [-0.39, 0.29) is 0 Å². The molecule has 1 saturated carbocycles. The van der Waals surface area contributed by atoms with Gasteiger partial charge in [0.05, 0.1) is 0 Å². The summed E-state index contributed by atoms with van der Waals surface area (Å²) in [7, 11) is 0. The summed E-state index contributed by atoms with van der Waals surface area (Å²) in [5, 5.41) is 3.84. The molecule has 3 aliphatic rings. The number of aliphatic imine (C=N–C) groups is 1. The molecule has 0 atom stereocenters. The first kappa shape index (κ1) is 8.36. The maximum absolute atomic E-state index is 5.86. The van der Waals surface area contributed by atoms with Gasteiger partial charge >= 0.3 is 0 Å². The molecule has 0 aromatic carbocycles. The Hall–Kier alpha value is -0.960. The van der Waals surface area contributed by atoms with Crippen molar-refractivity contribution in [3.8, 4) is 0 Å². The van der Waals surface area contributed by atoms with Crippen molar-refractivity contribution in [2.75, 3.05) is 13.1 Å². The number of hydrogen-bond donors (Lipinski definition) is 1. The second-order valence-electron chi connectivity index (χ2n) is 4.33. The van der Waals surface area contributed by atoms with Crippen LogP contribution in [0, 0.1) is 5.41 Å². The predicted molar refractivity (Wildman–Crippen MR) is 56.9 cm³/mol. The summed E-state index contributed by atoms with van der Waals surface area (Å²) in [4.78, 5) is 6.37. The van der Waals surface area contributed by atoms with Crippen molar-refractivity contribution in [3.05, 3.63) is 23.5 Å². The van der Waals surface area contributed by atoms with Crippen LogP contribution in [0.25, 0.3) is 0 Å². The molecule has 0 aromatic heterocycles. The quantitative estimate of drug-likeness (QED) is 0.615. The highest BCUT2D eigenvalue weighted by Gasteiger charge is 2.48. The molecule has 1 saturated heterocycles. The lowest BCUT2D eigenvalue weighted by molar-refractivity contribution is 0.323. The number of allylic oxidation sites excluding steroid dienone is 1. The first-order valence-corrected chi connectivity index (χ1v) is 5.23. The van der Waals surface area contributed by atoms with Crippen molar-refractivity contribution < 1.29 is 0 Å². The smallest absolute Gasteiger partial charge is 0.204 e. The van der Waals surface area contributed by atoms with E-state index in [1.54, 1.807) is 0 Å². The lowest BCUT2D eigenvalue weighted by atomic mass is 10.0. The minimum absolute atomic E-state index is 0.486. The van der Waals surface area contributed by atoms with Crippen LogP contribution in [0.5, 0.6) is 0 Å². The third-order valence-corrected chi connectivity index (χ3v) is 3.37. The first-order chi connectivity index (χ1) is 6.69. The Labute approximate surface area is 88.1 Å². The molecule has 1 N–H and O–H groups in total. The number of rotatable bonds is 0. The summed E-state index contributed by atoms with van der Waals surface area (Å²) in [6.07, 6.45) is 4.44. The molecule has 2 heterocycles. The standard InChI is InChI=1S/C10H12ClN3/c1-7-4-8(11)13-9-12-5-10(2-3-10)6-14(7)9/h4H,1-3,5-6H2,(H,12,13). The average Bonchev–Trinajstić information content (AvgIpc) is 2.87. The normalized spacial score (nSPS) is 27.8. The lowest BCUT2D eigenvalue weighted by Crippen LogP contribution is -2.52. The van der Waals surface area contributed by atoms with Crippen molar-refractivity contribution in [3.63, 3.8) is 0 Å². The highest BCUT2D eigenvalue weighted by Crippen LogP contribution is 2.48. The van der Waals surface area contributed by atoms with E-state index in [9.17, 15) is 0 Å². The Morgan fingerprint density at radius 3 is 3.07 bits per heavy atom. The summed E-state index contributed by atoms with van der Waals surface area (Å²) in [5.74, 6) is 0.861. The Kier molecular flexibility index (Phi) is 1.52. The topological polar surface area (TPSA) is 27.6 Å². The predicted octanol–water partition coefficient (Wildman–Crippen LogP) is 1.64. The van der Waals surface area contributed by atoms with Gasteiger partial charge < -0.3 is 10.2 Å². The molecule has 2 fully saturated rings. The van der Waals surface area contributed by atoms with E-state index >= 15 is 0 Å². The van der Waals surface area contributed by atoms with E-state index < -0.39 is 0 Å². The second kappa shape index (κ2) is 2.54. The van der Waals surface area contributed by atoms with Crippen LogP contribution in [0.1, 0.15) is 12.8 Å². The Morgan fingerprint density at radius 1 is 1.57 bits per heavy atom. The number of halogens is 1. The highest BCUT2D eigenvalue weighted by molar-refractivity contribution is 6.30. The largest absolute Gasteiger partial charge is 0.355 e. The SMILES string of the molecule is C=C1C=C(Cl)N=C2NCC3(CC3)CN12. The van der Waals surface area contributed by atoms with Gasteiger partial charge in [0.1, 0.15) is 5.16 Å². The van der Waals surface area contributed by atoms with E-state index in [1.165, 1.54) is 12.8 Å². The molecule has 0 radical (unpaired) electrons. The molecule has 1 spiro atoms. The fourth-order valence-corrected chi connectivity index (χ4v) is 2.23. The summed E-state index contributed by atoms with van der Waals surface area (Å²) < 4.78 is 0. The van der Waals surface area contributed by atoms with E-state index in [0.717, 1.165) is 24.7 Å². The van der Waals surface area contributed by atoms with Gasteiger partial charge in [0.25, 0.3) is 0 Å². The van der Waals surface area contributed by atoms with Crippen molar-refractivity contribution in [1.82, 2.24) is 10.2 Å². The van der Waals surface area contributed by atoms with Gasteiger partial charge in [-0.05, 0) is 18.9 Å². The Bertz CT molecular complexity index is 366. The first-order valence-electron chi connectivity index (χ1n) is 4.85. The number of nitrogens with zero attached hydrogens (tertiary/aromatic N) is 2. The molecular formula is C10H12ClN3. The van der Waals surface area contributed by atoms with Crippen molar-refractivity contribution in [2.24, 2.45) is 10.4 Å². The molecule has 2 aliphatic heterocycles. The summed E-state index contributed by atoms with van der Waals surface area (Å²) in [6.45, 7) is 6.05. The minimum Gasteiger partial charge on any atom is -0.355 e. The number of guanidine groups is 1. The molecule has 3 nitrogen and oxygen atoms in total. The fourth-order valence-electron chi connectivity index (χ4n) is 2.03. The maximum Gasteiger partial charge on any atom is 0.204 e. The maximum atomic E-state index is 5.86. The molecule has 0 unspecified atom stereocenters. The van der Waals surface area contributed by atoms with Crippen LogP contribution < -0.4 is 5.32 Å². The van der Waals surface area contributed by atoms with Gasteiger partial charge in [-0.15, -0.1) is 0 Å². The monoisotopic (exact) mass is 209 g/mol. The lowest BCUT2D eigenvalue weighted by Gasteiger charge is -2.38. The third-order valence-electron chi connectivity index (χ3n) is 3.17. The second-order valence-corrected chi connectivity index (χ2v) is 4.72. The van der Waals surface area contributed by atoms with Gasteiger partial charge in [0.15, 0.2) is 0 Å². The van der Waals surface area contributed by atoms with Gasteiger partial charge in [0.2, 0.25) is 5.96 Å². The number of nitrogens with one attached hydrogen (secondary N) is 1. The van der Waals surface area contributed by atoms with Gasteiger partial charge in [-0.25, -0.2) is 4.99 Å². The van der Waals surface area contributed by atoms with Crippen LogP contribution in [0.4, 0.5) is 0 Å². The molecule has 3 rings (SSSR count). The van der Waals surface area contributed by atoms with Gasteiger partial charge in [-0.1, -0.05) is 18.2 Å². The van der Waals surface area contributed by atoms with Gasteiger partial charge in [-0.3, -0.25) is 0 Å². The molecule has 0 amide bonds. The summed E-state index contributed by atoms with van der Waals surface area (Å²) in [6, 6.07) is 0. The van der Waals surface area contributed by atoms with Gasteiger partial charge in [-0.2, -0.15) is 0 Å². The van der Waals surface area contributed by atoms with Crippen LogP contribution in [0.2, 0.25) is 0 Å². The molecule has 0 aromatic rings. The zero-order chi connectivity index (χ0) is 9.76. The van der Waals surface area contributed by atoms with E-state index in [1.807, 2.05) is 6.08 Å². The number of hydrogen-bond acceptors (Lipinski definition) is 3. The third kappa shape index (κ3) is 1.16. The molecular weight excluding hydrogens is 198 g/mol.